The van der Waals surface area contributed by atoms with Gasteiger partial charge in [0, 0.05) is 16.1 Å². The molecule has 0 aliphatic carbocycles. The summed E-state index contributed by atoms with van der Waals surface area (Å²) in [5.41, 5.74) is 1.44. The number of aromatic nitrogens is 2. The Balaban J connectivity index is 1.43. The van der Waals surface area contributed by atoms with Crippen molar-refractivity contribution < 1.29 is 14.3 Å². The predicted octanol–water partition coefficient (Wildman–Crippen LogP) is 2.35. The van der Waals surface area contributed by atoms with Gasteiger partial charge < -0.3 is 15.4 Å². The van der Waals surface area contributed by atoms with E-state index in [1.54, 1.807) is 42.6 Å². The molecule has 0 aliphatic heterocycles. The highest BCUT2D eigenvalue weighted by molar-refractivity contribution is 6.30. The summed E-state index contributed by atoms with van der Waals surface area (Å²) >= 11 is 5.77. The molecule has 7 nitrogen and oxygen atoms in total. The first kappa shape index (κ1) is 16.8. The highest BCUT2D eigenvalue weighted by Gasteiger charge is 2.07. The lowest BCUT2D eigenvalue weighted by molar-refractivity contribution is -0.125. The average molecular weight is 359 g/mol. The Morgan fingerprint density at radius 1 is 1.12 bits per heavy atom. The standard InChI is InChI=1S/C17H15ClN4O3/c18-12-2-5-14(6-3-12)25-10-17(24)19-9-16(23)21-13-4-1-11-8-20-22-15(11)7-13/h1-8H,9-10H2,(H,19,24)(H,20,22)(H,21,23). The van der Waals surface area contributed by atoms with Gasteiger partial charge in [-0.3, -0.25) is 14.7 Å². The van der Waals surface area contributed by atoms with Crippen molar-refractivity contribution in [1.29, 1.82) is 0 Å². The fourth-order valence-electron chi connectivity index (χ4n) is 2.13. The lowest BCUT2D eigenvalue weighted by atomic mass is 10.2. The van der Waals surface area contributed by atoms with Crippen molar-refractivity contribution in [3.8, 4) is 5.75 Å². The summed E-state index contributed by atoms with van der Waals surface area (Å²) in [4.78, 5) is 23.6. The van der Waals surface area contributed by atoms with Crippen molar-refractivity contribution in [3.63, 3.8) is 0 Å². The summed E-state index contributed by atoms with van der Waals surface area (Å²) in [5, 5.41) is 13.5. The molecule has 3 rings (SSSR count). The number of hydrogen-bond acceptors (Lipinski definition) is 4. The lowest BCUT2D eigenvalue weighted by Gasteiger charge is -2.08. The topological polar surface area (TPSA) is 96.1 Å². The lowest BCUT2D eigenvalue weighted by Crippen LogP contribution is -2.35. The van der Waals surface area contributed by atoms with Gasteiger partial charge in [0.25, 0.3) is 5.91 Å². The SMILES string of the molecule is O=C(COc1ccc(Cl)cc1)NCC(=O)Nc1ccc2cn[nH]c2c1. The Bertz CT molecular complexity index is 892. The molecule has 1 heterocycles. The van der Waals surface area contributed by atoms with Crippen LogP contribution < -0.4 is 15.4 Å². The van der Waals surface area contributed by atoms with Crippen LogP contribution in [-0.4, -0.2) is 35.2 Å². The number of benzene rings is 2. The van der Waals surface area contributed by atoms with Crippen LogP contribution in [0.5, 0.6) is 5.75 Å². The molecule has 3 aromatic rings. The normalized spacial score (nSPS) is 10.4. The van der Waals surface area contributed by atoms with Gasteiger partial charge in [0.05, 0.1) is 18.3 Å². The molecule has 0 saturated carbocycles. The first-order valence-corrected chi connectivity index (χ1v) is 7.86. The van der Waals surface area contributed by atoms with Gasteiger partial charge in [-0.15, -0.1) is 0 Å². The Morgan fingerprint density at radius 2 is 1.92 bits per heavy atom. The maximum absolute atomic E-state index is 11.9. The third-order valence-corrected chi connectivity index (χ3v) is 3.61. The van der Waals surface area contributed by atoms with Crippen molar-refractivity contribution in [2.75, 3.05) is 18.5 Å². The van der Waals surface area contributed by atoms with E-state index in [0.717, 1.165) is 10.9 Å². The van der Waals surface area contributed by atoms with Gasteiger partial charge in [-0.25, -0.2) is 0 Å². The van der Waals surface area contributed by atoms with E-state index in [-0.39, 0.29) is 19.1 Å². The largest absolute Gasteiger partial charge is 0.484 e. The molecule has 0 saturated heterocycles. The predicted molar refractivity (Wildman–Crippen MR) is 94.7 cm³/mol. The minimum atomic E-state index is -0.394. The minimum absolute atomic E-state index is 0.149. The fourth-order valence-corrected chi connectivity index (χ4v) is 2.26. The highest BCUT2D eigenvalue weighted by atomic mass is 35.5. The quantitative estimate of drug-likeness (QED) is 0.630. The van der Waals surface area contributed by atoms with E-state index in [2.05, 4.69) is 20.8 Å². The van der Waals surface area contributed by atoms with E-state index in [9.17, 15) is 9.59 Å². The number of aromatic amines is 1. The van der Waals surface area contributed by atoms with E-state index in [0.29, 0.717) is 16.5 Å². The van der Waals surface area contributed by atoms with Crippen molar-refractivity contribution in [1.82, 2.24) is 15.5 Å². The van der Waals surface area contributed by atoms with Crippen LogP contribution in [0.2, 0.25) is 5.02 Å². The van der Waals surface area contributed by atoms with E-state index in [4.69, 9.17) is 16.3 Å². The van der Waals surface area contributed by atoms with Crippen LogP contribution in [0, 0.1) is 0 Å². The molecule has 3 N–H and O–H groups in total. The van der Waals surface area contributed by atoms with Gasteiger partial charge >= 0.3 is 0 Å². The maximum atomic E-state index is 11.9. The van der Waals surface area contributed by atoms with E-state index in [1.807, 2.05) is 6.07 Å². The van der Waals surface area contributed by atoms with Gasteiger partial charge in [-0.1, -0.05) is 11.6 Å². The first-order valence-electron chi connectivity index (χ1n) is 7.48. The number of hydrogen-bond donors (Lipinski definition) is 3. The third kappa shape index (κ3) is 4.71. The highest BCUT2D eigenvalue weighted by Crippen LogP contribution is 2.16. The Labute approximate surface area is 148 Å². The number of fused-ring (bicyclic) bond motifs is 1. The van der Waals surface area contributed by atoms with Crippen LogP contribution in [0.3, 0.4) is 0 Å². The summed E-state index contributed by atoms with van der Waals surface area (Å²) in [6, 6.07) is 12.0. The zero-order valence-electron chi connectivity index (χ0n) is 13.1. The van der Waals surface area contributed by atoms with Gasteiger partial charge in [-0.2, -0.15) is 5.10 Å². The molecule has 25 heavy (non-hydrogen) atoms. The second-order valence-corrected chi connectivity index (χ2v) is 5.68. The summed E-state index contributed by atoms with van der Waals surface area (Å²) in [7, 11) is 0. The minimum Gasteiger partial charge on any atom is -0.484 e. The van der Waals surface area contributed by atoms with Crippen LogP contribution in [0.4, 0.5) is 5.69 Å². The second-order valence-electron chi connectivity index (χ2n) is 5.24. The molecule has 0 atom stereocenters. The summed E-state index contributed by atoms with van der Waals surface area (Å²) in [5.74, 6) is -0.204. The van der Waals surface area contributed by atoms with E-state index < -0.39 is 5.91 Å². The van der Waals surface area contributed by atoms with Crippen LogP contribution >= 0.6 is 11.6 Å². The smallest absolute Gasteiger partial charge is 0.258 e. The van der Waals surface area contributed by atoms with Gasteiger partial charge in [0.1, 0.15) is 5.75 Å². The second kappa shape index (κ2) is 7.67. The molecule has 0 fully saturated rings. The van der Waals surface area contributed by atoms with Crippen LogP contribution in [0.25, 0.3) is 10.9 Å². The summed E-state index contributed by atoms with van der Waals surface area (Å²) in [6.07, 6.45) is 1.70. The van der Waals surface area contributed by atoms with Crippen molar-refractivity contribution in [3.05, 3.63) is 53.7 Å². The maximum Gasteiger partial charge on any atom is 0.258 e. The summed E-state index contributed by atoms with van der Waals surface area (Å²) in [6.45, 7) is -0.334. The van der Waals surface area contributed by atoms with Crippen LogP contribution in [0.1, 0.15) is 0 Å². The molecule has 8 heteroatoms. The first-order chi connectivity index (χ1) is 12.1. The number of nitrogens with zero attached hydrogens (tertiary/aromatic N) is 1. The molecule has 1 aromatic heterocycles. The van der Waals surface area contributed by atoms with Crippen LogP contribution in [0.15, 0.2) is 48.7 Å². The molecule has 0 radical (unpaired) electrons. The number of nitrogens with one attached hydrogen (secondary N) is 3. The van der Waals surface area contributed by atoms with E-state index >= 15 is 0 Å². The molecule has 2 aromatic carbocycles. The Hall–Kier alpha value is -3.06. The molecule has 0 aliphatic rings. The number of H-pyrrole nitrogens is 1. The van der Waals surface area contributed by atoms with Crippen LogP contribution in [-0.2, 0) is 9.59 Å². The Morgan fingerprint density at radius 3 is 2.72 bits per heavy atom. The molecule has 0 unspecified atom stereocenters. The number of halogens is 1. The third-order valence-electron chi connectivity index (χ3n) is 3.36. The number of amides is 2. The molecule has 128 valence electrons. The molecular weight excluding hydrogens is 344 g/mol. The van der Waals surface area contributed by atoms with Crippen molar-refractivity contribution >= 4 is 40.0 Å². The Kier molecular flexibility index (Phi) is 5.15. The molecular formula is C17H15ClN4O3. The summed E-state index contributed by atoms with van der Waals surface area (Å²) < 4.78 is 5.30. The number of carbonyl (C=O) groups excluding carboxylic acids is 2. The average Bonchev–Trinajstić information content (AvgIpc) is 3.07. The van der Waals surface area contributed by atoms with Gasteiger partial charge in [0.2, 0.25) is 5.91 Å². The van der Waals surface area contributed by atoms with Gasteiger partial charge in [-0.05, 0) is 42.5 Å². The zero-order chi connectivity index (χ0) is 17.6. The van der Waals surface area contributed by atoms with Gasteiger partial charge in [0.15, 0.2) is 6.61 Å². The fraction of sp³-hybridized carbons (Fsp3) is 0.118. The molecule has 2 amide bonds. The number of ether oxygens (including phenoxy) is 1. The van der Waals surface area contributed by atoms with Crippen molar-refractivity contribution in [2.45, 2.75) is 0 Å². The number of anilines is 1. The molecule has 0 bridgehead atoms. The number of rotatable bonds is 6. The monoisotopic (exact) mass is 358 g/mol. The van der Waals surface area contributed by atoms with Crippen molar-refractivity contribution in [2.24, 2.45) is 0 Å². The number of carbonyl (C=O) groups is 2. The molecule has 0 spiro atoms. The van der Waals surface area contributed by atoms with E-state index in [1.165, 1.54) is 0 Å². The zero-order valence-corrected chi connectivity index (χ0v) is 13.8.